The van der Waals surface area contributed by atoms with E-state index in [1.54, 1.807) is 30.7 Å². The van der Waals surface area contributed by atoms with Crippen LogP contribution < -0.4 is 10.5 Å². The molecule has 7 heteroatoms. The van der Waals surface area contributed by atoms with Crippen LogP contribution in [0.25, 0.3) is 0 Å². The summed E-state index contributed by atoms with van der Waals surface area (Å²) in [6.07, 6.45) is 4.87. The Bertz CT molecular complexity index is 611. The number of aromatic nitrogens is 2. The van der Waals surface area contributed by atoms with Gasteiger partial charge in [-0.1, -0.05) is 0 Å². The van der Waals surface area contributed by atoms with Crippen LogP contribution in [0.5, 0.6) is 0 Å². The van der Waals surface area contributed by atoms with Crippen LogP contribution in [0, 0.1) is 0 Å². The summed E-state index contributed by atoms with van der Waals surface area (Å²) in [4.78, 5) is 8.15. The topological polar surface area (TPSA) is 98.0 Å². The molecule has 0 saturated heterocycles. The lowest BCUT2D eigenvalue weighted by Gasteiger charge is -2.06. The molecular weight excluding hydrogens is 252 g/mol. The zero-order chi connectivity index (χ0) is 13.0. The van der Waals surface area contributed by atoms with Crippen molar-refractivity contribution < 1.29 is 8.42 Å². The molecule has 0 aliphatic rings. The summed E-state index contributed by atoms with van der Waals surface area (Å²) < 4.78 is 22.1. The van der Waals surface area contributed by atoms with Crippen LogP contribution in [-0.4, -0.2) is 18.4 Å². The van der Waals surface area contributed by atoms with Gasteiger partial charge in [-0.3, -0.25) is 9.97 Å². The van der Waals surface area contributed by atoms with Gasteiger partial charge >= 0.3 is 0 Å². The van der Waals surface area contributed by atoms with Crippen LogP contribution in [-0.2, 0) is 16.6 Å². The van der Waals surface area contributed by atoms with Gasteiger partial charge in [0.05, 0.1) is 23.3 Å². The van der Waals surface area contributed by atoms with Crippen LogP contribution >= 0.6 is 0 Å². The van der Waals surface area contributed by atoms with Gasteiger partial charge in [-0.25, -0.2) is 13.6 Å². The summed E-state index contributed by atoms with van der Waals surface area (Å²) in [5, 5.41) is 8.11. The Morgan fingerprint density at radius 3 is 2.44 bits per heavy atom. The second kappa shape index (κ2) is 5.11. The molecule has 94 valence electrons. The van der Waals surface area contributed by atoms with E-state index in [0.29, 0.717) is 6.54 Å². The number of primary sulfonamides is 1. The van der Waals surface area contributed by atoms with E-state index in [1.807, 2.05) is 0 Å². The fourth-order valence-corrected chi connectivity index (χ4v) is 1.89. The number of rotatable bonds is 4. The maximum atomic E-state index is 11.1. The van der Waals surface area contributed by atoms with Gasteiger partial charge in [0.1, 0.15) is 0 Å². The first-order chi connectivity index (χ1) is 8.55. The van der Waals surface area contributed by atoms with Gasteiger partial charge in [-0.2, -0.15) is 0 Å². The zero-order valence-corrected chi connectivity index (χ0v) is 10.3. The highest BCUT2D eigenvalue weighted by Gasteiger charge is 2.06. The van der Waals surface area contributed by atoms with Crippen molar-refractivity contribution in [3.05, 3.63) is 48.5 Å². The van der Waals surface area contributed by atoms with Crippen molar-refractivity contribution in [1.82, 2.24) is 9.97 Å². The molecular formula is C11H12N4O2S. The molecule has 0 aliphatic heterocycles. The fraction of sp³-hybridized carbons (Fsp3) is 0.0909. The molecule has 0 amide bonds. The number of nitrogens with one attached hydrogen (secondary N) is 1. The Balaban J connectivity index is 2.03. The summed E-state index contributed by atoms with van der Waals surface area (Å²) in [5.74, 6) is 0. The molecule has 0 saturated carbocycles. The number of benzene rings is 1. The Labute approximate surface area is 105 Å². The van der Waals surface area contributed by atoms with Crippen molar-refractivity contribution in [2.75, 3.05) is 5.32 Å². The summed E-state index contributed by atoms with van der Waals surface area (Å²) in [6.45, 7) is 0.516. The van der Waals surface area contributed by atoms with E-state index < -0.39 is 10.0 Å². The minimum absolute atomic E-state index is 0.0903. The van der Waals surface area contributed by atoms with Gasteiger partial charge in [0, 0.05) is 18.1 Å². The molecule has 0 atom stereocenters. The Morgan fingerprint density at radius 1 is 1.17 bits per heavy atom. The highest BCUT2D eigenvalue weighted by molar-refractivity contribution is 7.89. The molecule has 0 radical (unpaired) electrons. The largest absolute Gasteiger partial charge is 0.379 e. The van der Waals surface area contributed by atoms with E-state index in [-0.39, 0.29) is 4.90 Å². The van der Waals surface area contributed by atoms with E-state index in [9.17, 15) is 8.42 Å². The van der Waals surface area contributed by atoms with Gasteiger partial charge in [-0.15, -0.1) is 0 Å². The molecule has 2 aromatic rings. The molecule has 18 heavy (non-hydrogen) atoms. The van der Waals surface area contributed by atoms with Crippen molar-refractivity contribution >= 4 is 15.7 Å². The van der Waals surface area contributed by atoms with Crippen molar-refractivity contribution in [1.29, 1.82) is 0 Å². The summed E-state index contributed by atoms with van der Waals surface area (Å²) in [7, 11) is -3.64. The number of nitrogens with two attached hydrogens (primary N) is 1. The first-order valence-corrected chi connectivity index (χ1v) is 6.72. The quantitative estimate of drug-likeness (QED) is 0.848. The van der Waals surface area contributed by atoms with Crippen molar-refractivity contribution in [2.24, 2.45) is 5.14 Å². The van der Waals surface area contributed by atoms with Gasteiger partial charge in [0.25, 0.3) is 0 Å². The maximum Gasteiger partial charge on any atom is 0.238 e. The Kier molecular flexibility index (Phi) is 3.54. The number of nitrogens with zero attached hydrogens (tertiary/aromatic N) is 2. The van der Waals surface area contributed by atoms with Crippen LogP contribution in [0.15, 0.2) is 47.8 Å². The number of anilines is 1. The van der Waals surface area contributed by atoms with Crippen molar-refractivity contribution in [3.63, 3.8) is 0 Å². The maximum absolute atomic E-state index is 11.1. The SMILES string of the molecule is NS(=O)(=O)c1ccc(NCc2cnccn2)cc1. The fourth-order valence-electron chi connectivity index (χ4n) is 1.38. The Morgan fingerprint density at radius 2 is 1.89 bits per heavy atom. The number of hydrogen-bond donors (Lipinski definition) is 2. The lowest BCUT2D eigenvalue weighted by molar-refractivity contribution is 0.598. The van der Waals surface area contributed by atoms with E-state index in [2.05, 4.69) is 15.3 Å². The molecule has 0 aliphatic carbocycles. The normalized spacial score (nSPS) is 11.2. The second-order valence-corrected chi connectivity index (χ2v) is 5.18. The van der Waals surface area contributed by atoms with Crippen LogP contribution in [0.2, 0.25) is 0 Å². The number of sulfonamides is 1. The molecule has 1 aromatic heterocycles. The average Bonchev–Trinajstić information content (AvgIpc) is 2.37. The van der Waals surface area contributed by atoms with Crippen molar-refractivity contribution in [3.8, 4) is 0 Å². The predicted octanol–water partition coefficient (Wildman–Crippen LogP) is 0.736. The first kappa shape index (κ1) is 12.5. The predicted molar refractivity (Wildman–Crippen MR) is 67.2 cm³/mol. The van der Waals surface area contributed by atoms with E-state index in [4.69, 9.17) is 5.14 Å². The third kappa shape index (κ3) is 3.25. The smallest absolute Gasteiger partial charge is 0.238 e. The van der Waals surface area contributed by atoms with E-state index >= 15 is 0 Å². The highest BCUT2D eigenvalue weighted by atomic mass is 32.2. The molecule has 6 nitrogen and oxygen atoms in total. The summed E-state index contributed by atoms with van der Waals surface area (Å²) in [6, 6.07) is 6.20. The monoisotopic (exact) mass is 264 g/mol. The standard InChI is InChI=1S/C11H12N4O2S/c12-18(16,17)11-3-1-9(2-4-11)15-8-10-7-13-5-6-14-10/h1-7,15H,8H2,(H2,12,16,17). The van der Waals surface area contributed by atoms with E-state index in [1.165, 1.54) is 12.1 Å². The van der Waals surface area contributed by atoms with Gasteiger partial charge in [-0.05, 0) is 24.3 Å². The van der Waals surface area contributed by atoms with Gasteiger partial charge < -0.3 is 5.32 Å². The second-order valence-electron chi connectivity index (χ2n) is 3.62. The van der Waals surface area contributed by atoms with E-state index in [0.717, 1.165) is 11.4 Å². The lowest BCUT2D eigenvalue weighted by Crippen LogP contribution is -2.12. The zero-order valence-electron chi connectivity index (χ0n) is 9.45. The van der Waals surface area contributed by atoms with Crippen LogP contribution in [0.1, 0.15) is 5.69 Å². The Hall–Kier alpha value is -1.99. The average molecular weight is 264 g/mol. The minimum atomic E-state index is -3.64. The molecule has 3 N–H and O–H groups in total. The minimum Gasteiger partial charge on any atom is -0.379 e. The third-order valence-corrected chi connectivity index (χ3v) is 3.20. The molecule has 0 spiro atoms. The highest BCUT2D eigenvalue weighted by Crippen LogP contribution is 2.13. The molecule has 0 bridgehead atoms. The molecule has 1 heterocycles. The summed E-state index contributed by atoms with van der Waals surface area (Å²) >= 11 is 0. The lowest BCUT2D eigenvalue weighted by atomic mass is 10.3. The number of hydrogen-bond acceptors (Lipinski definition) is 5. The molecule has 0 fully saturated rings. The first-order valence-electron chi connectivity index (χ1n) is 5.17. The molecule has 2 rings (SSSR count). The summed E-state index contributed by atoms with van der Waals surface area (Å²) in [5.41, 5.74) is 1.58. The molecule has 1 aromatic carbocycles. The van der Waals surface area contributed by atoms with Crippen LogP contribution in [0.4, 0.5) is 5.69 Å². The van der Waals surface area contributed by atoms with Crippen molar-refractivity contribution in [2.45, 2.75) is 11.4 Å². The molecule has 0 unspecified atom stereocenters. The van der Waals surface area contributed by atoms with Crippen LogP contribution in [0.3, 0.4) is 0 Å². The van der Waals surface area contributed by atoms with Gasteiger partial charge in [0.15, 0.2) is 0 Å². The van der Waals surface area contributed by atoms with Gasteiger partial charge in [0.2, 0.25) is 10.0 Å². The third-order valence-electron chi connectivity index (χ3n) is 2.27.